The second-order valence-corrected chi connectivity index (χ2v) is 6.36. The summed E-state index contributed by atoms with van der Waals surface area (Å²) in [7, 11) is -4.22. The SMILES string of the molecule is Cc1cnn(-c2ccc(O)c(N3CC(=O)NS3(=O)=O)c2F)c1. The van der Waals surface area contributed by atoms with Gasteiger partial charge in [-0.05, 0) is 24.6 Å². The Morgan fingerprint density at radius 2 is 2.14 bits per heavy atom. The van der Waals surface area contributed by atoms with Gasteiger partial charge in [0.15, 0.2) is 5.82 Å². The molecule has 1 amide bonds. The van der Waals surface area contributed by atoms with Crippen LogP contribution in [-0.2, 0) is 15.0 Å². The van der Waals surface area contributed by atoms with Crippen molar-refractivity contribution < 1.29 is 22.7 Å². The molecule has 1 aromatic heterocycles. The van der Waals surface area contributed by atoms with Crippen LogP contribution < -0.4 is 9.03 Å². The molecule has 1 saturated heterocycles. The van der Waals surface area contributed by atoms with E-state index in [0.29, 0.717) is 4.31 Å². The van der Waals surface area contributed by atoms with Crippen LogP contribution in [0.1, 0.15) is 5.56 Å². The number of benzene rings is 1. The van der Waals surface area contributed by atoms with Gasteiger partial charge < -0.3 is 5.11 Å². The van der Waals surface area contributed by atoms with Crippen LogP contribution in [0.15, 0.2) is 24.5 Å². The summed E-state index contributed by atoms with van der Waals surface area (Å²) in [5.74, 6) is -2.40. The monoisotopic (exact) mass is 326 g/mol. The third-order valence-corrected chi connectivity index (χ3v) is 4.48. The topological polar surface area (TPSA) is 105 Å². The number of nitrogens with zero attached hydrogens (tertiary/aromatic N) is 3. The maximum Gasteiger partial charge on any atom is 0.326 e. The van der Waals surface area contributed by atoms with Crippen molar-refractivity contribution in [3.63, 3.8) is 0 Å². The number of carbonyl (C=O) groups excluding carboxylic acids is 1. The highest BCUT2D eigenvalue weighted by atomic mass is 32.2. The molecule has 22 heavy (non-hydrogen) atoms. The summed E-state index contributed by atoms with van der Waals surface area (Å²) in [5.41, 5.74) is 0.138. The number of aryl methyl sites for hydroxylation is 1. The fourth-order valence-corrected chi connectivity index (χ4v) is 3.31. The largest absolute Gasteiger partial charge is 0.506 e. The quantitative estimate of drug-likeness (QED) is 0.821. The van der Waals surface area contributed by atoms with Crippen molar-refractivity contribution in [2.75, 3.05) is 10.8 Å². The smallest absolute Gasteiger partial charge is 0.326 e. The van der Waals surface area contributed by atoms with E-state index in [2.05, 4.69) is 5.10 Å². The number of anilines is 1. The molecule has 0 atom stereocenters. The summed E-state index contributed by atoms with van der Waals surface area (Å²) < 4.78 is 41.7. The minimum atomic E-state index is -4.22. The first-order valence-electron chi connectivity index (χ1n) is 6.16. The molecule has 0 aliphatic carbocycles. The van der Waals surface area contributed by atoms with Crippen molar-refractivity contribution in [3.05, 3.63) is 35.9 Å². The standard InChI is InChI=1S/C12H11FN4O4S/c1-7-4-14-16(5-7)8-2-3-9(18)12(11(8)13)17-6-10(19)15-22(17,20)21/h2-5,18H,6H2,1H3,(H,15,19). The van der Waals surface area contributed by atoms with E-state index in [9.17, 15) is 22.7 Å². The number of phenols is 1. The zero-order valence-electron chi connectivity index (χ0n) is 11.3. The lowest BCUT2D eigenvalue weighted by Crippen LogP contribution is -2.30. The summed E-state index contributed by atoms with van der Waals surface area (Å²) in [6, 6.07) is 2.40. The second kappa shape index (κ2) is 4.70. The Labute approximate surface area is 125 Å². The molecule has 3 rings (SSSR count). The fraction of sp³-hybridized carbons (Fsp3) is 0.167. The number of aromatic nitrogens is 2. The van der Waals surface area contributed by atoms with Gasteiger partial charge in [-0.25, -0.2) is 18.1 Å². The van der Waals surface area contributed by atoms with Gasteiger partial charge in [-0.2, -0.15) is 13.5 Å². The minimum Gasteiger partial charge on any atom is -0.506 e. The maximum absolute atomic E-state index is 14.7. The Morgan fingerprint density at radius 3 is 2.68 bits per heavy atom. The minimum absolute atomic E-state index is 0.0459. The number of halogens is 1. The van der Waals surface area contributed by atoms with Gasteiger partial charge in [0, 0.05) is 6.20 Å². The summed E-state index contributed by atoms with van der Waals surface area (Å²) in [5, 5.41) is 13.8. The number of amides is 1. The normalized spacial score (nSPS) is 16.8. The number of hydrogen-bond donors (Lipinski definition) is 2. The molecule has 0 bridgehead atoms. The number of hydrogen-bond acceptors (Lipinski definition) is 5. The van der Waals surface area contributed by atoms with Crippen LogP contribution in [0.25, 0.3) is 5.69 Å². The first-order valence-corrected chi connectivity index (χ1v) is 7.60. The summed E-state index contributed by atoms with van der Waals surface area (Å²) in [6.07, 6.45) is 3.05. The number of phenolic OH excluding ortho intramolecular Hbond substituents is 1. The molecule has 2 aromatic rings. The molecule has 0 radical (unpaired) electrons. The molecule has 1 aliphatic rings. The van der Waals surface area contributed by atoms with E-state index >= 15 is 0 Å². The number of nitrogens with one attached hydrogen (secondary N) is 1. The molecule has 0 saturated carbocycles. The van der Waals surface area contributed by atoms with Crippen molar-refractivity contribution >= 4 is 21.8 Å². The van der Waals surface area contributed by atoms with Crippen molar-refractivity contribution in [3.8, 4) is 11.4 Å². The molecule has 1 aliphatic heterocycles. The van der Waals surface area contributed by atoms with E-state index in [1.54, 1.807) is 17.8 Å². The number of aromatic hydroxyl groups is 1. The molecule has 0 unspecified atom stereocenters. The molecule has 2 N–H and O–H groups in total. The van der Waals surface area contributed by atoms with Crippen molar-refractivity contribution in [2.45, 2.75) is 6.92 Å². The van der Waals surface area contributed by atoms with E-state index in [4.69, 9.17) is 0 Å². The molecule has 1 aromatic carbocycles. The van der Waals surface area contributed by atoms with Crippen LogP contribution in [-0.4, -0.2) is 35.8 Å². The van der Waals surface area contributed by atoms with Gasteiger partial charge in [-0.3, -0.25) is 4.79 Å². The van der Waals surface area contributed by atoms with Crippen molar-refractivity contribution in [1.29, 1.82) is 0 Å². The summed E-state index contributed by atoms with van der Waals surface area (Å²) >= 11 is 0. The van der Waals surface area contributed by atoms with Gasteiger partial charge in [0.2, 0.25) is 0 Å². The summed E-state index contributed by atoms with van der Waals surface area (Å²) in [6.45, 7) is 1.16. The molecular formula is C12H11FN4O4S. The second-order valence-electron chi connectivity index (χ2n) is 4.77. The Morgan fingerprint density at radius 1 is 1.41 bits per heavy atom. The summed E-state index contributed by atoms with van der Waals surface area (Å²) in [4.78, 5) is 11.3. The molecule has 2 heterocycles. The van der Waals surface area contributed by atoms with Gasteiger partial charge in [-0.15, -0.1) is 0 Å². The lowest BCUT2D eigenvalue weighted by atomic mass is 10.2. The van der Waals surface area contributed by atoms with Crippen molar-refractivity contribution in [2.24, 2.45) is 0 Å². The molecule has 1 fully saturated rings. The molecular weight excluding hydrogens is 315 g/mol. The Kier molecular flexibility index (Phi) is 3.06. The van der Waals surface area contributed by atoms with Crippen LogP contribution in [0.2, 0.25) is 0 Å². The molecule has 116 valence electrons. The number of carbonyl (C=O) groups is 1. The zero-order chi connectivity index (χ0) is 16.1. The average Bonchev–Trinajstić information content (AvgIpc) is 2.93. The number of rotatable bonds is 2. The van der Waals surface area contributed by atoms with E-state index in [1.165, 1.54) is 16.9 Å². The fourth-order valence-electron chi connectivity index (χ4n) is 2.15. The van der Waals surface area contributed by atoms with Gasteiger partial charge >= 0.3 is 10.2 Å². The van der Waals surface area contributed by atoms with E-state index in [1.807, 2.05) is 0 Å². The van der Waals surface area contributed by atoms with Gasteiger partial charge in [0.1, 0.15) is 23.7 Å². The lowest BCUT2D eigenvalue weighted by molar-refractivity contribution is -0.117. The van der Waals surface area contributed by atoms with E-state index in [0.717, 1.165) is 11.6 Å². The van der Waals surface area contributed by atoms with Crippen LogP contribution in [0.5, 0.6) is 5.75 Å². The van der Waals surface area contributed by atoms with E-state index in [-0.39, 0.29) is 5.69 Å². The van der Waals surface area contributed by atoms with Gasteiger partial charge in [-0.1, -0.05) is 0 Å². The van der Waals surface area contributed by atoms with Gasteiger partial charge in [0.25, 0.3) is 5.91 Å². The maximum atomic E-state index is 14.7. The van der Waals surface area contributed by atoms with Gasteiger partial charge in [0.05, 0.1) is 6.20 Å². The highest BCUT2D eigenvalue weighted by Gasteiger charge is 2.38. The highest BCUT2D eigenvalue weighted by molar-refractivity contribution is 7.92. The Hall–Kier alpha value is -2.62. The Balaban J connectivity index is 2.19. The lowest BCUT2D eigenvalue weighted by Gasteiger charge is -2.18. The predicted octanol–water partition coefficient (Wildman–Crippen LogP) is 0.206. The first kappa shape index (κ1) is 14.3. The average molecular weight is 326 g/mol. The van der Waals surface area contributed by atoms with E-state index < -0.39 is 39.9 Å². The third kappa shape index (κ3) is 2.17. The zero-order valence-corrected chi connectivity index (χ0v) is 12.1. The first-order chi connectivity index (χ1) is 10.3. The van der Waals surface area contributed by atoms with Crippen LogP contribution >= 0.6 is 0 Å². The highest BCUT2D eigenvalue weighted by Crippen LogP contribution is 2.36. The van der Waals surface area contributed by atoms with Crippen LogP contribution in [0, 0.1) is 12.7 Å². The van der Waals surface area contributed by atoms with Crippen LogP contribution in [0.3, 0.4) is 0 Å². The third-order valence-electron chi connectivity index (χ3n) is 3.10. The van der Waals surface area contributed by atoms with Crippen molar-refractivity contribution in [1.82, 2.24) is 14.5 Å². The van der Waals surface area contributed by atoms with Crippen LogP contribution in [0.4, 0.5) is 10.1 Å². The molecule has 10 heteroatoms. The Bertz CT molecular complexity index is 877. The molecule has 0 spiro atoms. The molecule has 8 nitrogen and oxygen atoms in total. The predicted molar refractivity (Wildman–Crippen MR) is 74.3 cm³/mol.